The fourth-order valence-corrected chi connectivity index (χ4v) is 4.02. The van der Waals surface area contributed by atoms with Crippen molar-refractivity contribution in [2.45, 2.75) is 38.6 Å². The molecular formula is C22H24N2O3. The van der Waals surface area contributed by atoms with Crippen molar-refractivity contribution in [3.05, 3.63) is 59.6 Å². The lowest BCUT2D eigenvalue weighted by Gasteiger charge is -2.30. The molecule has 1 atom stereocenters. The molecule has 1 aromatic carbocycles. The maximum absolute atomic E-state index is 13.6. The second-order valence-corrected chi connectivity index (χ2v) is 7.04. The fourth-order valence-electron chi connectivity index (χ4n) is 4.02. The molecule has 1 fully saturated rings. The van der Waals surface area contributed by atoms with Gasteiger partial charge in [0, 0.05) is 24.3 Å². The van der Waals surface area contributed by atoms with E-state index in [2.05, 4.69) is 4.98 Å². The highest BCUT2D eigenvalue weighted by molar-refractivity contribution is 6.07. The van der Waals surface area contributed by atoms with Crippen LogP contribution in [0.2, 0.25) is 0 Å². The van der Waals surface area contributed by atoms with Gasteiger partial charge < -0.3 is 14.1 Å². The standard InChI is InChI=1S/C22H24N2O3/c1-15-21(18-14-17(26-2)7-8-20(18)27-15)22(25)24-13-5-3-4-6-19(24)16-9-11-23-12-10-16/h7-12,14,19H,3-6,13H2,1-2H3. The smallest absolute Gasteiger partial charge is 0.258 e. The lowest BCUT2D eigenvalue weighted by molar-refractivity contribution is 0.0681. The Balaban J connectivity index is 1.77. The Morgan fingerprint density at radius 1 is 1.19 bits per heavy atom. The maximum Gasteiger partial charge on any atom is 0.258 e. The molecule has 3 heterocycles. The third-order valence-electron chi connectivity index (χ3n) is 5.39. The van der Waals surface area contributed by atoms with Crippen molar-refractivity contribution < 1.29 is 13.9 Å². The predicted octanol–water partition coefficient (Wildman–Crippen LogP) is 4.90. The summed E-state index contributed by atoms with van der Waals surface area (Å²) in [6, 6.07) is 9.70. The van der Waals surface area contributed by atoms with Gasteiger partial charge in [-0.2, -0.15) is 0 Å². The van der Waals surface area contributed by atoms with Gasteiger partial charge in [0.05, 0.1) is 18.7 Å². The second-order valence-electron chi connectivity index (χ2n) is 7.04. The Bertz CT molecular complexity index is 949. The summed E-state index contributed by atoms with van der Waals surface area (Å²) >= 11 is 0. The largest absolute Gasteiger partial charge is 0.497 e. The van der Waals surface area contributed by atoms with Crippen molar-refractivity contribution in [3.8, 4) is 5.75 Å². The first-order valence-electron chi connectivity index (χ1n) is 9.47. The molecule has 5 heteroatoms. The van der Waals surface area contributed by atoms with Gasteiger partial charge in [-0.3, -0.25) is 9.78 Å². The fraction of sp³-hybridized carbons (Fsp3) is 0.364. The lowest BCUT2D eigenvalue weighted by atomic mass is 10.0. The number of carbonyl (C=O) groups excluding carboxylic acids is 1. The number of pyridine rings is 1. The third kappa shape index (κ3) is 3.29. The molecule has 140 valence electrons. The van der Waals surface area contributed by atoms with E-state index in [1.807, 2.05) is 42.2 Å². The molecule has 1 aliphatic rings. The number of furan rings is 1. The van der Waals surface area contributed by atoms with Gasteiger partial charge >= 0.3 is 0 Å². The Morgan fingerprint density at radius 3 is 2.78 bits per heavy atom. The number of hydrogen-bond acceptors (Lipinski definition) is 4. The van der Waals surface area contributed by atoms with Gasteiger partial charge in [0.2, 0.25) is 0 Å². The molecule has 1 aliphatic heterocycles. The minimum absolute atomic E-state index is 0.0308. The topological polar surface area (TPSA) is 55.6 Å². The average molecular weight is 364 g/mol. The van der Waals surface area contributed by atoms with Crippen molar-refractivity contribution in [2.24, 2.45) is 0 Å². The van der Waals surface area contributed by atoms with E-state index in [9.17, 15) is 4.79 Å². The first-order valence-corrected chi connectivity index (χ1v) is 9.47. The minimum Gasteiger partial charge on any atom is -0.497 e. The Kier molecular flexibility index (Phi) is 4.84. The summed E-state index contributed by atoms with van der Waals surface area (Å²) in [5, 5.41) is 0.814. The molecule has 4 rings (SSSR count). The van der Waals surface area contributed by atoms with E-state index in [1.165, 1.54) is 0 Å². The highest BCUT2D eigenvalue weighted by Gasteiger charge is 2.30. The Morgan fingerprint density at radius 2 is 2.00 bits per heavy atom. The highest BCUT2D eigenvalue weighted by atomic mass is 16.5. The summed E-state index contributed by atoms with van der Waals surface area (Å²) in [6.07, 6.45) is 7.85. The molecular weight excluding hydrogens is 340 g/mol. The summed E-state index contributed by atoms with van der Waals surface area (Å²) in [5.74, 6) is 1.41. The number of methoxy groups -OCH3 is 1. The number of amides is 1. The zero-order valence-corrected chi connectivity index (χ0v) is 15.8. The van der Waals surface area contributed by atoms with Crippen molar-refractivity contribution >= 4 is 16.9 Å². The van der Waals surface area contributed by atoms with E-state index < -0.39 is 0 Å². The third-order valence-corrected chi connectivity index (χ3v) is 5.39. The number of aromatic nitrogens is 1. The van der Waals surface area contributed by atoms with Crippen molar-refractivity contribution in [1.82, 2.24) is 9.88 Å². The van der Waals surface area contributed by atoms with E-state index in [-0.39, 0.29) is 11.9 Å². The van der Waals surface area contributed by atoms with Crippen LogP contribution >= 0.6 is 0 Å². The number of nitrogens with zero attached hydrogens (tertiary/aromatic N) is 2. The van der Waals surface area contributed by atoms with Gasteiger partial charge in [0.15, 0.2) is 0 Å². The van der Waals surface area contributed by atoms with Crippen LogP contribution in [-0.4, -0.2) is 29.4 Å². The van der Waals surface area contributed by atoms with Gasteiger partial charge in [-0.05, 0) is 55.7 Å². The van der Waals surface area contributed by atoms with Gasteiger partial charge in [-0.25, -0.2) is 0 Å². The molecule has 0 N–H and O–H groups in total. The minimum atomic E-state index is 0.0308. The predicted molar refractivity (Wildman–Crippen MR) is 104 cm³/mol. The Labute approximate surface area is 158 Å². The molecule has 0 bridgehead atoms. The second kappa shape index (κ2) is 7.43. The maximum atomic E-state index is 13.6. The van der Waals surface area contributed by atoms with Crippen LogP contribution in [0.1, 0.15) is 53.4 Å². The Hall–Kier alpha value is -2.82. The number of ether oxygens (including phenoxy) is 1. The van der Waals surface area contributed by atoms with Crippen LogP contribution in [0.3, 0.4) is 0 Å². The molecule has 0 aliphatic carbocycles. The van der Waals surface area contributed by atoms with Crippen LogP contribution in [0.4, 0.5) is 0 Å². The summed E-state index contributed by atoms with van der Waals surface area (Å²) in [7, 11) is 1.63. The first kappa shape index (κ1) is 17.6. The van der Waals surface area contributed by atoms with Gasteiger partial charge in [0.25, 0.3) is 5.91 Å². The van der Waals surface area contributed by atoms with Crippen LogP contribution in [0.5, 0.6) is 5.75 Å². The van der Waals surface area contributed by atoms with Gasteiger partial charge in [-0.1, -0.05) is 12.8 Å². The molecule has 27 heavy (non-hydrogen) atoms. The number of carbonyl (C=O) groups is 1. The molecule has 0 spiro atoms. The van der Waals surface area contributed by atoms with E-state index in [0.717, 1.165) is 48.9 Å². The van der Waals surface area contributed by atoms with Crippen LogP contribution in [0.25, 0.3) is 11.0 Å². The average Bonchev–Trinajstić information content (AvgIpc) is 2.86. The molecule has 1 amide bonds. The summed E-state index contributed by atoms with van der Waals surface area (Å²) < 4.78 is 11.2. The normalized spacial score (nSPS) is 17.7. The van der Waals surface area contributed by atoms with Crippen molar-refractivity contribution in [2.75, 3.05) is 13.7 Å². The van der Waals surface area contributed by atoms with E-state index in [1.54, 1.807) is 19.5 Å². The molecule has 0 radical (unpaired) electrons. The van der Waals surface area contributed by atoms with Crippen LogP contribution in [0, 0.1) is 6.92 Å². The molecule has 3 aromatic rings. The van der Waals surface area contributed by atoms with Gasteiger partial charge in [-0.15, -0.1) is 0 Å². The molecule has 5 nitrogen and oxygen atoms in total. The van der Waals surface area contributed by atoms with E-state index in [0.29, 0.717) is 16.9 Å². The van der Waals surface area contributed by atoms with Crippen molar-refractivity contribution in [1.29, 1.82) is 0 Å². The SMILES string of the molecule is COc1ccc2oc(C)c(C(=O)N3CCCCCC3c3ccncc3)c2c1. The van der Waals surface area contributed by atoms with Crippen LogP contribution < -0.4 is 4.74 Å². The number of rotatable bonds is 3. The number of hydrogen-bond donors (Lipinski definition) is 0. The van der Waals surface area contributed by atoms with E-state index in [4.69, 9.17) is 9.15 Å². The van der Waals surface area contributed by atoms with Gasteiger partial charge in [0.1, 0.15) is 17.1 Å². The lowest BCUT2D eigenvalue weighted by Crippen LogP contribution is -2.35. The first-order chi connectivity index (χ1) is 13.2. The molecule has 2 aromatic heterocycles. The highest BCUT2D eigenvalue weighted by Crippen LogP contribution is 2.35. The number of benzene rings is 1. The monoisotopic (exact) mass is 364 g/mol. The quantitative estimate of drug-likeness (QED) is 0.663. The summed E-state index contributed by atoms with van der Waals surface area (Å²) in [4.78, 5) is 19.8. The van der Waals surface area contributed by atoms with Crippen molar-refractivity contribution in [3.63, 3.8) is 0 Å². The van der Waals surface area contributed by atoms with Crippen LogP contribution in [-0.2, 0) is 0 Å². The molecule has 0 saturated carbocycles. The zero-order chi connectivity index (χ0) is 18.8. The zero-order valence-electron chi connectivity index (χ0n) is 15.8. The molecule has 1 unspecified atom stereocenters. The summed E-state index contributed by atoms with van der Waals surface area (Å²) in [6.45, 7) is 2.61. The summed E-state index contributed by atoms with van der Waals surface area (Å²) in [5.41, 5.74) is 2.50. The van der Waals surface area contributed by atoms with E-state index >= 15 is 0 Å². The molecule has 1 saturated heterocycles. The number of fused-ring (bicyclic) bond motifs is 1. The number of aryl methyl sites for hydroxylation is 1. The van der Waals surface area contributed by atoms with Crippen LogP contribution in [0.15, 0.2) is 47.1 Å². The number of likely N-dealkylation sites (tertiary alicyclic amines) is 1.